The third-order valence-electron chi connectivity index (χ3n) is 13.3. The number of hydrogen-bond acceptors (Lipinski definition) is 1. The predicted molar refractivity (Wildman–Crippen MR) is 265 cm³/mol. The molecule has 0 aliphatic heterocycles. The molecule has 0 atom stereocenters. The number of fused-ring (bicyclic) bond motifs is 8. The SMILES string of the molecule is Bc1c(B)c(B)c2c(-c3cccc4oc5ccccc5c34)c3c(B)c(B)c(B)c(B)c3c(-c3cccc(-c4cccc5c4ccc4ccccc45)c3)c2c1B. The van der Waals surface area contributed by atoms with Crippen LogP contribution in [0.1, 0.15) is 0 Å². The second-order valence-corrected chi connectivity index (χ2v) is 15.8. The highest BCUT2D eigenvalue weighted by Gasteiger charge is 2.27. The van der Waals surface area contributed by atoms with Crippen molar-refractivity contribution in [1.29, 1.82) is 0 Å². The number of benzene rings is 9. The molecule has 0 saturated carbocycles. The molecule has 0 amide bonds. The van der Waals surface area contributed by atoms with Gasteiger partial charge in [-0.25, -0.2) is 0 Å². The van der Waals surface area contributed by atoms with Crippen LogP contribution < -0.4 is 43.7 Å². The van der Waals surface area contributed by atoms with E-state index in [1.54, 1.807) is 0 Å². The Morgan fingerprint density at radius 1 is 0.309 bits per heavy atom. The van der Waals surface area contributed by atoms with Gasteiger partial charge in [-0.3, -0.25) is 0 Å². The molecule has 0 aliphatic carbocycles. The number of para-hydroxylation sites is 1. The molecular formula is C46H36B8O. The van der Waals surface area contributed by atoms with Crippen molar-refractivity contribution in [3.63, 3.8) is 0 Å². The van der Waals surface area contributed by atoms with E-state index in [2.05, 4.69) is 184 Å². The first-order chi connectivity index (χ1) is 26.7. The molecule has 0 aliphatic rings. The standard InChI is InChI=1S/C46H36B8O/c47-39-35-32(23-10-5-9-22(20-23)25-13-6-14-26-24-11-2-1-8-21(24)18-19-27(25)26)36-38(42(50)46(54)44(52)40(36)48)34(37(35)41(49)45(53)43(39)51)29-15-7-17-31-33(29)28-12-3-4-16-30(28)55-31/h1-20H,47-54H2. The van der Waals surface area contributed by atoms with Crippen molar-refractivity contribution in [2.45, 2.75) is 0 Å². The zero-order valence-corrected chi connectivity index (χ0v) is 33.0. The minimum absolute atomic E-state index is 0.924. The summed E-state index contributed by atoms with van der Waals surface area (Å²) in [7, 11) is 18.6. The highest BCUT2D eigenvalue weighted by Crippen LogP contribution is 2.45. The Labute approximate surface area is 329 Å². The zero-order valence-electron chi connectivity index (χ0n) is 33.0. The van der Waals surface area contributed by atoms with Gasteiger partial charge in [-0.2, -0.15) is 0 Å². The van der Waals surface area contributed by atoms with E-state index in [1.165, 1.54) is 126 Å². The first kappa shape index (κ1) is 33.9. The van der Waals surface area contributed by atoms with Crippen molar-refractivity contribution in [2.75, 3.05) is 0 Å². The van der Waals surface area contributed by atoms with Gasteiger partial charge in [0.1, 0.15) is 73.9 Å². The van der Waals surface area contributed by atoms with Crippen LogP contribution in [0.25, 0.3) is 98.4 Å². The van der Waals surface area contributed by atoms with Crippen LogP contribution in [0.5, 0.6) is 0 Å². The summed E-state index contributed by atoms with van der Waals surface area (Å²) < 4.78 is 6.53. The highest BCUT2D eigenvalue weighted by atomic mass is 16.3. The van der Waals surface area contributed by atoms with E-state index in [-0.39, 0.29) is 0 Å². The summed E-state index contributed by atoms with van der Waals surface area (Å²) in [6, 6.07) is 44.6. The topological polar surface area (TPSA) is 13.1 Å². The average Bonchev–Trinajstić information content (AvgIpc) is 3.61. The summed E-state index contributed by atoms with van der Waals surface area (Å²) >= 11 is 0. The summed E-state index contributed by atoms with van der Waals surface area (Å²) in [5.74, 6) is 0. The third-order valence-corrected chi connectivity index (χ3v) is 13.3. The maximum Gasteiger partial charge on any atom is 0.139 e. The lowest BCUT2D eigenvalue weighted by Crippen LogP contribution is -2.50. The van der Waals surface area contributed by atoms with Crippen molar-refractivity contribution in [3.8, 4) is 33.4 Å². The van der Waals surface area contributed by atoms with E-state index in [1.807, 2.05) is 0 Å². The number of furan rings is 1. The van der Waals surface area contributed by atoms with Crippen LogP contribution in [0.2, 0.25) is 0 Å². The van der Waals surface area contributed by atoms with Gasteiger partial charge < -0.3 is 4.42 Å². The van der Waals surface area contributed by atoms with Crippen LogP contribution in [-0.2, 0) is 0 Å². The van der Waals surface area contributed by atoms with E-state index >= 15 is 0 Å². The summed E-state index contributed by atoms with van der Waals surface area (Å²) in [4.78, 5) is 0. The van der Waals surface area contributed by atoms with Gasteiger partial charge in [0, 0.05) is 10.8 Å². The lowest BCUT2D eigenvalue weighted by Gasteiger charge is -2.28. The summed E-state index contributed by atoms with van der Waals surface area (Å²) in [6.45, 7) is 0. The number of hydrogen-bond donors (Lipinski definition) is 0. The first-order valence-electron chi connectivity index (χ1n) is 19.5. The van der Waals surface area contributed by atoms with Crippen LogP contribution in [-0.4, -0.2) is 62.8 Å². The molecule has 0 saturated heterocycles. The molecule has 0 spiro atoms. The van der Waals surface area contributed by atoms with Crippen molar-refractivity contribution < 1.29 is 4.42 Å². The Bertz CT molecular complexity index is 3230. The van der Waals surface area contributed by atoms with E-state index in [0.29, 0.717) is 0 Å². The molecule has 0 fully saturated rings. The molecule has 0 radical (unpaired) electrons. The van der Waals surface area contributed by atoms with Crippen LogP contribution >= 0.6 is 0 Å². The third kappa shape index (κ3) is 4.78. The second-order valence-electron chi connectivity index (χ2n) is 15.8. The minimum Gasteiger partial charge on any atom is -0.456 e. The lowest BCUT2D eigenvalue weighted by atomic mass is 9.59. The van der Waals surface area contributed by atoms with E-state index in [0.717, 1.165) is 16.6 Å². The van der Waals surface area contributed by atoms with Gasteiger partial charge in [0.2, 0.25) is 0 Å². The van der Waals surface area contributed by atoms with Crippen LogP contribution in [0.3, 0.4) is 0 Å². The molecule has 10 aromatic rings. The summed E-state index contributed by atoms with van der Waals surface area (Å²) in [5, 5.41) is 12.8. The molecule has 1 nitrogen and oxygen atoms in total. The molecule has 9 aromatic carbocycles. The Hall–Kier alpha value is -5.66. The Kier molecular flexibility index (Phi) is 7.66. The maximum atomic E-state index is 6.53. The fraction of sp³-hybridized carbons (Fsp3) is 0. The van der Waals surface area contributed by atoms with Gasteiger partial charge in [-0.1, -0.05) is 125 Å². The molecule has 1 heterocycles. The molecule has 1 aromatic heterocycles. The molecule has 0 bridgehead atoms. The molecule has 0 unspecified atom stereocenters. The van der Waals surface area contributed by atoms with E-state index in [9.17, 15) is 0 Å². The molecule has 10 rings (SSSR count). The van der Waals surface area contributed by atoms with Gasteiger partial charge in [-0.15, -0.1) is 21.9 Å². The normalized spacial score (nSPS) is 11.9. The fourth-order valence-electron chi connectivity index (χ4n) is 9.80. The Morgan fingerprint density at radius 2 is 0.818 bits per heavy atom. The van der Waals surface area contributed by atoms with Crippen LogP contribution in [0, 0.1) is 0 Å². The second kappa shape index (κ2) is 12.4. The predicted octanol–water partition coefficient (Wildman–Crippen LogP) is -0.733. The molecule has 250 valence electrons. The monoisotopic (exact) mass is 692 g/mol. The number of rotatable bonds is 3. The van der Waals surface area contributed by atoms with Crippen molar-refractivity contribution in [1.82, 2.24) is 0 Å². The molecule has 55 heavy (non-hydrogen) atoms. The summed E-state index contributed by atoms with van der Waals surface area (Å²) in [6.07, 6.45) is 0. The van der Waals surface area contributed by atoms with Gasteiger partial charge in [0.05, 0.1) is 0 Å². The van der Waals surface area contributed by atoms with Gasteiger partial charge in [-0.05, 0) is 94.7 Å². The van der Waals surface area contributed by atoms with E-state index < -0.39 is 0 Å². The first-order valence-corrected chi connectivity index (χ1v) is 19.5. The largest absolute Gasteiger partial charge is 0.456 e. The van der Waals surface area contributed by atoms with Crippen LogP contribution in [0.4, 0.5) is 0 Å². The van der Waals surface area contributed by atoms with Gasteiger partial charge >= 0.3 is 0 Å². The Balaban J connectivity index is 1.39. The molecular weight excluding hydrogens is 655 g/mol. The zero-order chi connectivity index (χ0) is 37.9. The fourth-order valence-corrected chi connectivity index (χ4v) is 9.80. The van der Waals surface area contributed by atoms with Crippen molar-refractivity contribution in [2.24, 2.45) is 0 Å². The quantitative estimate of drug-likeness (QED) is 0.136. The van der Waals surface area contributed by atoms with Gasteiger partial charge in [0.25, 0.3) is 0 Å². The van der Waals surface area contributed by atoms with Crippen molar-refractivity contribution in [3.05, 3.63) is 121 Å². The molecule has 0 N–H and O–H groups in total. The van der Waals surface area contributed by atoms with E-state index in [4.69, 9.17) is 4.42 Å². The summed E-state index contributed by atoms with van der Waals surface area (Å²) in [5.41, 5.74) is 20.3. The highest BCUT2D eigenvalue weighted by molar-refractivity contribution is 6.71. The lowest BCUT2D eigenvalue weighted by molar-refractivity contribution is 0.669. The smallest absolute Gasteiger partial charge is 0.139 e. The Morgan fingerprint density at radius 3 is 1.51 bits per heavy atom. The minimum atomic E-state index is 0.924. The maximum absolute atomic E-state index is 6.53. The van der Waals surface area contributed by atoms with Crippen LogP contribution in [0.15, 0.2) is 126 Å². The average molecular weight is 691 g/mol. The van der Waals surface area contributed by atoms with Crippen molar-refractivity contribution >= 4 is 172 Å². The van der Waals surface area contributed by atoms with Gasteiger partial charge in [0.15, 0.2) is 0 Å². The molecule has 9 heteroatoms.